The van der Waals surface area contributed by atoms with E-state index in [1.54, 1.807) is 19.1 Å². The number of aromatic carboxylic acids is 1. The van der Waals surface area contributed by atoms with Crippen LogP contribution in [0.15, 0.2) is 30.3 Å². The molecule has 0 radical (unpaired) electrons. The molecule has 0 bridgehead atoms. The van der Waals surface area contributed by atoms with E-state index < -0.39 is 5.97 Å². The summed E-state index contributed by atoms with van der Waals surface area (Å²) in [6, 6.07) is 7.96. The number of benzene rings is 1. The number of aryl methyl sites for hydroxylation is 1. The normalized spacial score (nSPS) is 10.6. The summed E-state index contributed by atoms with van der Waals surface area (Å²) in [5, 5.41) is 9.04. The summed E-state index contributed by atoms with van der Waals surface area (Å²) in [5.41, 5.74) is 2.65. The van der Waals surface area contributed by atoms with E-state index in [1.807, 2.05) is 17.6 Å². The number of hydrogen-bond donors (Lipinski definition) is 1. The van der Waals surface area contributed by atoms with Gasteiger partial charge in [-0.05, 0) is 37.6 Å². The topological polar surface area (TPSA) is 42.2 Å². The summed E-state index contributed by atoms with van der Waals surface area (Å²) < 4.78 is 15.0. The highest BCUT2D eigenvalue weighted by Crippen LogP contribution is 2.17. The zero-order valence-corrected chi connectivity index (χ0v) is 10.3. The van der Waals surface area contributed by atoms with Crippen molar-refractivity contribution >= 4 is 5.97 Å². The maximum atomic E-state index is 13.1. The predicted octanol–water partition coefficient (Wildman–Crippen LogP) is 2.99. The quantitative estimate of drug-likeness (QED) is 0.906. The Kier molecular flexibility index (Phi) is 3.19. The van der Waals surface area contributed by atoms with Crippen molar-refractivity contribution in [2.24, 2.45) is 0 Å². The van der Waals surface area contributed by atoms with Crippen LogP contribution in [0.3, 0.4) is 0 Å². The first-order chi connectivity index (χ1) is 8.49. The maximum absolute atomic E-state index is 13.1. The third kappa shape index (κ3) is 2.27. The van der Waals surface area contributed by atoms with Gasteiger partial charge >= 0.3 is 5.97 Å². The summed E-state index contributed by atoms with van der Waals surface area (Å²) >= 11 is 0. The third-order valence-electron chi connectivity index (χ3n) is 3.03. The number of hydrogen-bond acceptors (Lipinski definition) is 1. The molecule has 0 atom stereocenters. The van der Waals surface area contributed by atoms with Gasteiger partial charge in [0.05, 0.1) is 5.56 Å². The van der Waals surface area contributed by atoms with E-state index in [1.165, 1.54) is 12.1 Å². The van der Waals surface area contributed by atoms with Crippen LogP contribution >= 0.6 is 0 Å². The van der Waals surface area contributed by atoms with Gasteiger partial charge in [-0.3, -0.25) is 0 Å². The van der Waals surface area contributed by atoms with Gasteiger partial charge in [0.1, 0.15) is 5.82 Å². The molecular formula is C14H14FNO2. The summed E-state index contributed by atoms with van der Waals surface area (Å²) in [4.78, 5) is 11.0. The zero-order chi connectivity index (χ0) is 13.3. The summed E-state index contributed by atoms with van der Waals surface area (Å²) in [6.07, 6.45) is 0. The number of carbonyl (C=O) groups is 1. The van der Waals surface area contributed by atoms with Crippen molar-refractivity contribution in [1.82, 2.24) is 4.57 Å². The number of halogens is 1. The Bertz CT molecular complexity index is 602. The lowest BCUT2D eigenvalue weighted by Gasteiger charge is -2.09. The van der Waals surface area contributed by atoms with Crippen LogP contribution in [0.5, 0.6) is 0 Å². The Labute approximate surface area is 104 Å². The van der Waals surface area contributed by atoms with E-state index in [-0.39, 0.29) is 5.82 Å². The number of carboxylic acid groups (broad SMARTS) is 1. The van der Waals surface area contributed by atoms with Gasteiger partial charge in [0.25, 0.3) is 0 Å². The molecule has 2 rings (SSSR count). The molecule has 1 aromatic heterocycles. The molecule has 4 heteroatoms. The fourth-order valence-corrected chi connectivity index (χ4v) is 2.08. The molecule has 0 amide bonds. The second-order valence-corrected chi connectivity index (χ2v) is 4.31. The molecule has 94 valence electrons. The predicted molar refractivity (Wildman–Crippen MR) is 66.4 cm³/mol. The second-order valence-electron chi connectivity index (χ2n) is 4.31. The molecule has 0 fully saturated rings. The standard InChI is InChI=1S/C14H14FNO2/c1-9-6-13(14(17)18)10(2)16(9)8-11-4-3-5-12(15)7-11/h3-7H,8H2,1-2H3,(H,17,18). The molecule has 3 nitrogen and oxygen atoms in total. The fourth-order valence-electron chi connectivity index (χ4n) is 2.08. The average Bonchev–Trinajstić information content (AvgIpc) is 2.57. The van der Waals surface area contributed by atoms with Gasteiger partial charge in [-0.2, -0.15) is 0 Å². The maximum Gasteiger partial charge on any atom is 0.337 e. The van der Waals surface area contributed by atoms with Gasteiger partial charge in [0, 0.05) is 17.9 Å². The van der Waals surface area contributed by atoms with Crippen LogP contribution in [-0.4, -0.2) is 15.6 Å². The molecule has 1 N–H and O–H groups in total. The number of aromatic nitrogens is 1. The van der Waals surface area contributed by atoms with E-state index in [0.717, 1.165) is 11.3 Å². The molecule has 0 saturated carbocycles. The monoisotopic (exact) mass is 247 g/mol. The van der Waals surface area contributed by atoms with Crippen molar-refractivity contribution in [3.63, 3.8) is 0 Å². The van der Waals surface area contributed by atoms with Crippen molar-refractivity contribution in [2.75, 3.05) is 0 Å². The fraction of sp³-hybridized carbons (Fsp3) is 0.214. The molecular weight excluding hydrogens is 233 g/mol. The van der Waals surface area contributed by atoms with Crippen molar-refractivity contribution in [3.8, 4) is 0 Å². The molecule has 0 aliphatic rings. The van der Waals surface area contributed by atoms with Gasteiger partial charge in [0.2, 0.25) is 0 Å². The van der Waals surface area contributed by atoms with Crippen LogP contribution in [-0.2, 0) is 6.54 Å². The Morgan fingerprint density at radius 3 is 2.61 bits per heavy atom. The Balaban J connectivity index is 2.38. The minimum Gasteiger partial charge on any atom is -0.478 e. The molecule has 0 saturated heterocycles. The van der Waals surface area contributed by atoms with Gasteiger partial charge in [-0.1, -0.05) is 12.1 Å². The van der Waals surface area contributed by atoms with Crippen molar-refractivity contribution in [3.05, 3.63) is 58.7 Å². The second kappa shape index (κ2) is 4.64. The van der Waals surface area contributed by atoms with Crippen LogP contribution in [0.25, 0.3) is 0 Å². The first-order valence-electron chi connectivity index (χ1n) is 5.63. The van der Waals surface area contributed by atoms with Crippen molar-refractivity contribution in [2.45, 2.75) is 20.4 Å². The average molecular weight is 247 g/mol. The van der Waals surface area contributed by atoms with E-state index in [0.29, 0.717) is 17.8 Å². The van der Waals surface area contributed by atoms with Crippen molar-refractivity contribution < 1.29 is 14.3 Å². The van der Waals surface area contributed by atoms with Gasteiger partial charge in [-0.25, -0.2) is 9.18 Å². The lowest BCUT2D eigenvalue weighted by atomic mass is 10.2. The first-order valence-corrected chi connectivity index (χ1v) is 5.63. The molecule has 0 unspecified atom stereocenters. The minimum atomic E-state index is -0.936. The molecule has 2 aromatic rings. The number of rotatable bonds is 3. The van der Waals surface area contributed by atoms with Crippen molar-refractivity contribution in [1.29, 1.82) is 0 Å². The molecule has 18 heavy (non-hydrogen) atoms. The molecule has 0 aliphatic heterocycles. The van der Waals surface area contributed by atoms with Crippen LogP contribution < -0.4 is 0 Å². The van der Waals surface area contributed by atoms with E-state index in [4.69, 9.17) is 5.11 Å². The van der Waals surface area contributed by atoms with Crippen LogP contribution in [0, 0.1) is 19.7 Å². The number of carboxylic acids is 1. The summed E-state index contributed by atoms with van der Waals surface area (Å²) in [5.74, 6) is -1.22. The Morgan fingerprint density at radius 1 is 1.33 bits per heavy atom. The minimum absolute atomic E-state index is 0.284. The highest BCUT2D eigenvalue weighted by atomic mass is 19.1. The van der Waals surface area contributed by atoms with Crippen LogP contribution in [0.1, 0.15) is 27.3 Å². The van der Waals surface area contributed by atoms with Gasteiger partial charge < -0.3 is 9.67 Å². The Hall–Kier alpha value is -2.10. The SMILES string of the molecule is Cc1cc(C(=O)O)c(C)n1Cc1cccc(F)c1. The molecule has 0 spiro atoms. The van der Waals surface area contributed by atoms with Gasteiger partial charge in [0.15, 0.2) is 0 Å². The van der Waals surface area contributed by atoms with Crippen LogP contribution in [0.4, 0.5) is 4.39 Å². The highest BCUT2D eigenvalue weighted by molar-refractivity contribution is 5.89. The third-order valence-corrected chi connectivity index (χ3v) is 3.03. The molecule has 1 heterocycles. The largest absolute Gasteiger partial charge is 0.478 e. The highest BCUT2D eigenvalue weighted by Gasteiger charge is 2.14. The molecule has 0 aliphatic carbocycles. The Morgan fingerprint density at radius 2 is 2.06 bits per heavy atom. The number of nitrogens with zero attached hydrogens (tertiary/aromatic N) is 1. The van der Waals surface area contributed by atoms with E-state index >= 15 is 0 Å². The van der Waals surface area contributed by atoms with Gasteiger partial charge in [-0.15, -0.1) is 0 Å². The lowest BCUT2D eigenvalue weighted by molar-refractivity contribution is 0.0696. The first kappa shape index (κ1) is 12.4. The summed E-state index contributed by atoms with van der Waals surface area (Å²) in [7, 11) is 0. The molecule has 1 aromatic carbocycles. The van der Waals surface area contributed by atoms with E-state index in [9.17, 15) is 9.18 Å². The lowest BCUT2D eigenvalue weighted by Crippen LogP contribution is -2.06. The van der Waals surface area contributed by atoms with Crippen LogP contribution in [0.2, 0.25) is 0 Å². The van der Waals surface area contributed by atoms with E-state index in [2.05, 4.69) is 0 Å². The smallest absolute Gasteiger partial charge is 0.337 e. The summed E-state index contributed by atoms with van der Waals surface area (Å²) in [6.45, 7) is 4.08. The zero-order valence-electron chi connectivity index (χ0n) is 10.3.